The fraction of sp³-hybridized carbons (Fsp3) is 0.600. The molecule has 0 atom stereocenters. The summed E-state index contributed by atoms with van der Waals surface area (Å²) in [6.45, 7) is 0.168. The molecule has 11 heavy (non-hydrogen) atoms. The first-order chi connectivity index (χ1) is 4.95. The predicted octanol–water partition coefficient (Wildman–Crippen LogP) is 1.98. The Bertz CT molecular complexity index is 232. The Morgan fingerprint density at radius 3 is 2.55 bits per heavy atom. The maximum absolute atomic E-state index is 10.4. The summed E-state index contributed by atoms with van der Waals surface area (Å²) >= 11 is 6.27. The van der Waals surface area contributed by atoms with E-state index in [0.717, 1.165) is 10.7 Å². The van der Waals surface area contributed by atoms with Crippen LogP contribution >= 0.6 is 31.9 Å². The summed E-state index contributed by atoms with van der Waals surface area (Å²) in [5.41, 5.74) is 0. The molecule has 0 spiro atoms. The lowest BCUT2D eigenvalue weighted by Gasteiger charge is -1.98. The average Bonchev–Trinajstić information content (AvgIpc) is 1.85. The highest BCUT2D eigenvalue weighted by Gasteiger charge is 2.00. The number of hydrogen-bond acceptors (Lipinski definition) is 3. The van der Waals surface area contributed by atoms with Gasteiger partial charge in [-0.25, -0.2) is 0 Å². The van der Waals surface area contributed by atoms with Crippen LogP contribution in [0.15, 0.2) is 9.47 Å². The SMILES string of the molecule is CS(=O)(=O)OCC/C(Br)=C\Br. The van der Waals surface area contributed by atoms with Crippen molar-refractivity contribution in [2.45, 2.75) is 6.42 Å². The zero-order valence-electron chi connectivity index (χ0n) is 5.88. The van der Waals surface area contributed by atoms with Crippen molar-refractivity contribution >= 4 is 42.0 Å². The molecule has 0 fully saturated rings. The van der Waals surface area contributed by atoms with Crippen LogP contribution < -0.4 is 0 Å². The van der Waals surface area contributed by atoms with Crippen molar-refractivity contribution in [3.05, 3.63) is 9.47 Å². The third kappa shape index (κ3) is 8.52. The van der Waals surface area contributed by atoms with Crippen LogP contribution in [0.2, 0.25) is 0 Å². The Balaban J connectivity index is 3.60. The van der Waals surface area contributed by atoms with E-state index in [-0.39, 0.29) is 6.61 Å². The lowest BCUT2D eigenvalue weighted by molar-refractivity contribution is 0.328. The van der Waals surface area contributed by atoms with E-state index < -0.39 is 10.1 Å². The third-order valence-corrected chi connectivity index (χ3v) is 3.14. The second kappa shape index (κ2) is 5.29. The Morgan fingerprint density at radius 2 is 2.18 bits per heavy atom. The van der Waals surface area contributed by atoms with Crippen molar-refractivity contribution < 1.29 is 12.6 Å². The van der Waals surface area contributed by atoms with Crippen molar-refractivity contribution in [1.82, 2.24) is 0 Å². The first-order valence-corrected chi connectivity index (χ1v) is 6.27. The van der Waals surface area contributed by atoms with Gasteiger partial charge in [0, 0.05) is 10.9 Å². The fourth-order valence-electron chi connectivity index (χ4n) is 0.345. The van der Waals surface area contributed by atoms with Crippen molar-refractivity contribution in [3.8, 4) is 0 Å². The molecular formula is C5H8Br2O3S. The van der Waals surface area contributed by atoms with Gasteiger partial charge in [-0.3, -0.25) is 4.18 Å². The van der Waals surface area contributed by atoms with Gasteiger partial charge in [0.15, 0.2) is 0 Å². The lowest BCUT2D eigenvalue weighted by Crippen LogP contribution is -2.03. The van der Waals surface area contributed by atoms with Crippen LogP contribution in [0, 0.1) is 0 Å². The van der Waals surface area contributed by atoms with E-state index in [1.165, 1.54) is 0 Å². The molecule has 0 saturated heterocycles. The van der Waals surface area contributed by atoms with Gasteiger partial charge in [-0.1, -0.05) is 31.9 Å². The van der Waals surface area contributed by atoms with Gasteiger partial charge >= 0.3 is 0 Å². The second-order valence-corrected chi connectivity index (χ2v) is 4.95. The Kier molecular flexibility index (Phi) is 5.58. The van der Waals surface area contributed by atoms with Gasteiger partial charge in [-0.15, -0.1) is 0 Å². The summed E-state index contributed by atoms with van der Waals surface area (Å²) in [4.78, 5) is 1.67. The van der Waals surface area contributed by atoms with Crippen molar-refractivity contribution in [1.29, 1.82) is 0 Å². The van der Waals surface area contributed by atoms with Gasteiger partial charge in [0.2, 0.25) is 0 Å². The lowest BCUT2D eigenvalue weighted by atomic mass is 10.5. The maximum Gasteiger partial charge on any atom is 0.264 e. The molecular weight excluding hydrogens is 300 g/mol. The molecule has 0 rings (SSSR count). The smallest absolute Gasteiger partial charge is 0.264 e. The molecule has 0 heterocycles. The van der Waals surface area contributed by atoms with Gasteiger partial charge < -0.3 is 0 Å². The van der Waals surface area contributed by atoms with Gasteiger partial charge in [-0.05, 0) is 4.99 Å². The van der Waals surface area contributed by atoms with E-state index in [1.54, 1.807) is 4.99 Å². The van der Waals surface area contributed by atoms with Crippen molar-refractivity contribution in [2.24, 2.45) is 0 Å². The van der Waals surface area contributed by atoms with E-state index >= 15 is 0 Å². The minimum Gasteiger partial charge on any atom is -0.270 e. The normalized spacial score (nSPS) is 13.5. The molecule has 6 heteroatoms. The summed E-state index contributed by atoms with van der Waals surface area (Å²) in [5.74, 6) is 0. The zero-order valence-corrected chi connectivity index (χ0v) is 9.87. The van der Waals surface area contributed by atoms with Gasteiger partial charge in [0.1, 0.15) is 0 Å². The number of halogens is 2. The van der Waals surface area contributed by atoms with Gasteiger partial charge in [0.05, 0.1) is 12.9 Å². The van der Waals surface area contributed by atoms with E-state index in [9.17, 15) is 8.42 Å². The van der Waals surface area contributed by atoms with Crippen LogP contribution in [0.5, 0.6) is 0 Å². The molecule has 0 unspecified atom stereocenters. The monoisotopic (exact) mass is 306 g/mol. The highest BCUT2D eigenvalue weighted by atomic mass is 79.9. The van der Waals surface area contributed by atoms with Crippen LogP contribution in [-0.2, 0) is 14.3 Å². The predicted molar refractivity (Wildman–Crippen MR) is 51.3 cm³/mol. The topological polar surface area (TPSA) is 43.4 Å². The van der Waals surface area contributed by atoms with Gasteiger partial charge in [0.25, 0.3) is 10.1 Å². The number of rotatable bonds is 4. The third-order valence-electron chi connectivity index (χ3n) is 0.757. The van der Waals surface area contributed by atoms with Gasteiger partial charge in [-0.2, -0.15) is 8.42 Å². The standard InChI is InChI=1S/C5H8Br2O3S/c1-11(8,9)10-3-2-5(7)4-6/h4H,2-3H2,1H3/b5-4+. The summed E-state index contributed by atoms with van der Waals surface area (Å²) in [6.07, 6.45) is 1.57. The first-order valence-electron chi connectivity index (χ1n) is 2.75. The first kappa shape index (κ1) is 11.6. The Labute approximate surface area is 83.2 Å². The zero-order chi connectivity index (χ0) is 8.91. The molecule has 3 nitrogen and oxygen atoms in total. The molecule has 0 aliphatic carbocycles. The second-order valence-electron chi connectivity index (χ2n) is 1.83. The van der Waals surface area contributed by atoms with Crippen LogP contribution in [-0.4, -0.2) is 21.3 Å². The van der Waals surface area contributed by atoms with E-state index in [1.807, 2.05) is 0 Å². The van der Waals surface area contributed by atoms with E-state index in [0.29, 0.717) is 6.42 Å². The quantitative estimate of drug-likeness (QED) is 0.746. The van der Waals surface area contributed by atoms with Crippen LogP contribution in [0.3, 0.4) is 0 Å². The van der Waals surface area contributed by atoms with Crippen molar-refractivity contribution in [2.75, 3.05) is 12.9 Å². The Morgan fingerprint density at radius 1 is 1.64 bits per heavy atom. The molecule has 0 aromatic rings. The summed E-state index contributed by atoms with van der Waals surface area (Å²) < 4.78 is 26.2. The largest absolute Gasteiger partial charge is 0.270 e. The summed E-state index contributed by atoms with van der Waals surface area (Å²) in [5, 5.41) is 0. The highest BCUT2D eigenvalue weighted by molar-refractivity contribution is 9.14. The number of hydrogen-bond donors (Lipinski definition) is 0. The molecule has 0 aliphatic rings. The fourth-order valence-corrected chi connectivity index (χ4v) is 1.12. The van der Waals surface area contributed by atoms with Crippen LogP contribution in [0.4, 0.5) is 0 Å². The molecule has 0 aromatic heterocycles. The highest BCUT2D eigenvalue weighted by Crippen LogP contribution is 2.12. The molecule has 0 saturated carbocycles. The molecule has 0 radical (unpaired) electrons. The molecule has 0 bridgehead atoms. The summed E-state index contributed by atoms with van der Waals surface area (Å²) in [6, 6.07) is 0. The molecule has 0 amide bonds. The average molecular weight is 308 g/mol. The molecule has 0 N–H and O–H groups in total. The Hall–Kier alpha value is 0.610. The summed E-state index contributed by atoms with van der Waals surface area (Å²) in [7, 11) is -3.29. The molecule has 0 aliphatic heterocycles. The van der Waals surface area contributed by atoms with Crippen LogP contribution in [0.25, 0.3) is 0 Å². The minimum absolute atomic E-state index is 0.168. The molecule has 0 aromatic carbocycles. The minimum atomic E-state index is -3.29. The maximum atomic E-state index is 10.4. The van der Waals surface area contributed by atoms with Crippen molar-refractivity contribution in [3.63, 3.8) is 0 Å². The van der Waals surface area contributed by atoms with E-state index in [2.05, 4.69) is 36.0 Å². The molecule has 66 valence electrons. The van der Waals surface area contributed by atoms with E-state index in [4.69, 9.17) is 0 Å². The van der Waals surface area contributed by atoms with Crippen LogP contribution in [0.1, 0.15) is 6.42 Å².